The number of nitrogens with two attached hydrogens (primary N) is 1. The highest BCUT2D eigenvalue weighted by molar-refractivity contribution is 5.80. The van der Waals surface area contributed by atoms with Crippen molar-refractivity contribution in [2.75, 3.05) is 6.54 Å². The molecule has 21 heavy (non-hydrogen) atoms. The fourth-order valence-corrected chi connectivity index (χ4v) is 2.51. The maximum absolute atomic E-state index is 12.3. The molecule has 6 heteroatoms. The Morgan fingerprint density at radius 3 is 2.62 bits per heavy atom. The Labute approximate surface area is 123 Å². The molecule has 0 atom stereocenters. The lowest BCUT2D eigenvalue weighted by molar-refractivity contribution is -0.123. The van der Waals surface area contributed by atoms with Crippen molar-refractivity contribution in [3.63, 3.8) is 0 Å². The molecular weight excluding hydrogens is 268 g/mol. The lowest BCUT2D eigenvalue weighted by Crippen LogP contribution is -2.54. The summed E-state index contributed by atoms with van der Waals surface area (Å²) in [7, 11) is 0. The molecule has 0 aliphatic carbocycles. The predicted octanol–water partition coefficient (Wildman–Crippen LogP) is 0.963. The second-order valence-corrected chi connectivity index (χ2v) is 5.27. The smallest absolute Gasteiger partial charge is 0.326 e. The van der Waals surface area contributed by atoms with E-state index in [-0.39, 0.29) is 18.1 Å². The number of H-pyrrole nitrogens is 1. The van der Waals surface area contributed by atoms with Crippen LogP contribution in [-0.4, -0.2) is 27.5 Å². The van der Waals surface area contributed by atoms with Crippen LogP contribution in [0, 0.1) is 0 Å². The minimum atomic E-state index is -0.396. The maximum atomic E-state index is 12.3. The van der Waals surface area contributed by atoms with Gasteiger partial charge in [-0.1, -0.05) is 26.0 Å². The molecule has 0 bridgehead atoms. The summed E-state index contributed by atoms with van der Waals surface area (Å²) in [6.45, 7) is 4.36. The van der Waals surface area contributed by atoms with E-state index >= 15 is 0 Å². The topological polar surface area (TPSA) is 92.9 Å². The van der Waals surface area contributed by atoms with E-state index in [1.807, 2.05) is 38.1 Å². The van der Waals surface area contributed by atoms with Crippen LogP contribution in [0.1, 0.15) is 26.7 Å². The van der Waals surface area contributed by atoms with E-state index in [2.05, 4.69) is 10.3 Å². The number of hydrogen-bond acceptors (Lipinski definition) is 3. The van der Waals surface area contributed by atoms with E-state index in [1.54, 1.807) is 0 Å². The molecule has 1 aromatic heterocycles. The molecule has 0 saturated heterocycles. The van der Waals surface area contributed by atoms with E-state index in [1.165, 1.54) is 4.57 Å². The van der Waals surface area contributed by atoms with Crippen molar-refractivity contribution in [3.8, 4) is 0 Å². The maximum Gasteiger partial charge on any atom is 0.326 e. The first kappa shape index (κ1) is 15.3. The van der Waals surface area contributed by atoms with Crippen LogP contribution in [0.5, 0.6) is 0 Å². The van der Waals surface area contributed by atoms with Gasteiger partial charge in [0.25, 0.3) is 0 Å². The Hall–Kier alpha value is -2.08. The van der Waals surface area contributed by atoms with E-state index in [4.69, 9.17) is 5.73 Å². The van der Waals surface area contributed by atoms with Gasteiger partial charge in [-0.2, -0.15) is 0 Å². The summed E-state index contributed by atoms with van der Waals surface area (Å²) in [5.74, 6) is -0.198. The summed E-state index contributed by atoms with van der Waals surface area (Å²) in [4.78, 5) is 26.9. The Kier molecular flexibility index (Phi) is 4.47. The van der Waals surface area contributed by atoms with Gasteiger partial charge < -0.3 is 16.0 Å². The Bertz CT molecular complexity index is 674. The molecule has 1 amide bonds. The van der Waals surface area contributed by atoms with Crippen molar-refractivity contribution in [1.82, 2.24) is 14.9 Å². The van der Waals surface area contributed by atoms with Gasteiger partial charge in [-0.15, -0.1) is 0 Å². The molecule has 1 heterocycles. The van der Waals surface area contributed by atoms with E-state index < -0.39 is 5.54 Å². The Balaban J connectivity index is 2.22. The van der Waals surface area contributed by atoms with Gasteiger partial charge in [0.1, 0.15) is 6.54 Å². The number of nitrogens with one attached hydrogen (secondary N) is 2. The molecule has 0 aliphatic rings. The van der Waals surface area contributed by atoms with Crippen molar-refractivity contribution in [2.45, 2.75) is 38.8 Å². The van der Waals surface area contributed by atoms with Crippen molar-refractivity contribution in [1.29, 1.82) is 0 Å². The van der Waals surface area contributed by atoms with Crippen LogP contribution in [0.15, 0.2) is 29.1 Å². The van der Waals surface area contributed by atoms with E-state index in [0.717, 1.165) is 23.9 Å². The molecular formula is C15H22N4O2. The summed E-state index contributed by atoms with van der Waals surface area (Å²) in [5.41, 5.74) is 6.56. The number of nitrogens with zero attached hydrogens (tertiary/aromatic N) is 1. The minimum absolute atomic E-state index is 0.00933. The molecule has 0 spiro atoms. The van der Waals surface area contributed by atoms with Crippen LogP contribution in [0.2, 0.25) is 0 Å². The average Bonchev–Trinajstić information content (AvgIpc) is 2.81. The second kappa shape index (κ2) is 6.13. The number of rotatable bonds is 6. The lowest BCUT2D eigenvalue weighted by Gasteiger charge is -2.31. The number of benzene rings is 1. The van der Waals surface area contributed by atoms with Gasteiger partial charge in [0, 0.05) is 6.54 Å². The second-order valence-electron chi connectivity index (χ2n) is 5.27. The van der Waals surface area contributed by atoms with Crippen molar-refractivity contribution < 1.29 is 4.79 Å². The highest BCUT2D eigenvalue weighted by atomic mass is 16.2. The van der Waals surface area contributed by atoms with E-state index in [0.29, 0.717) is 6.54 Å². The molecule has 4 N–H and O–H groups in total. The number of carbonyl (C=O) groups excluding carboxylic acids is 1. The molecule has 6 nitrogen and oxygen atoms in total. The number of aromatic nitrogens is 2. The fraction of sp³-hybridized carbons (Fsp3) is 0.467. The summed E-state index contributed by atoms with van der Waals surface area (Å²) < 4.78 is 1.44. The number of fused-ring (bicyclic) bond motifs is 1. The first-order valence-electron chi connectivity index (χ1n) is 7.24. The molecule has 0 aliphatic heterocycles. The molecule has 2 aromatic rings. The highest BCUT2D eigenvalue weighted by Crippen LogP contribution is 2.14. The standard InChI is InChI=1S/C15H22N4O2/c1-3-15(4-2,10-16)18-13(20)9-19-12-8-6-5-7-11(12)17-14(19)21/h5-8H,3-4,9-10,16H2,1-2H3,(H,17,21)(H,18,20). The van der Waals surface area contributed by atoms with Crippen molar-refractivity contribution >= 4 is 16.9 Å². The molecule has 0 unspecified atom stereocenters. The monoisotopic (exact) mass is 290 g/mol. The summed E-state index contributed by atoms with van der Waals surface area (Å²) in [6.07, 6.45) is 1.52. The first-order chi connectivity index (χ1) is 10.0. The molecule has 0 fully saturated rings. The van der Waals surface area contributed by atoms with Crippen molar-refractivity contribution in [2.24, 2.45) is 5.73 Å². The third kappa shape index (κ3) is 3.00. The van der Waals surface area contributed by atoms with Gasteiger partial charge >= 0.3 is 5.69 Å². The highest BCUT2D eigenvalue weighted by Gasteiger charge is 2.26. The lowest BCUT2D eigenvalue weighted by atomic mass is 9.93. The van der Waals surface area contributed by atoms with Gasteiger partial charge in [-0.05, 0) is 25.0 Å². The Morgan fingerprint density at radius 2 is 2.00 bits per heavy atom. The third-order valence-corrected chi connectivity index (χ3v) is 4.13. The molecule has 2 rings (SSSR count). The summed E-state index contributed by atoms with van der Waals surface area (Å²) in [5, 5.41) is 2.97. The van der Waals surface area contributed by atoms with Gasteiger partial charge in [-0.25, -0.2) is 4.79 Å². The van der Waals surface area contributed by atoms with Crippen LogP contribution in [0.3, 0.4) is 0 Å². The number of aromatic amines is 1. The molecule has 0 radical (unpaired) electrons. The average molecular weight is 290 g/mol. The number of amides is 1. The summed E-state index contributed by atoms with van der Waals surface area (Å²) >= 11 is 0. The zero-order valence-corrected chi connectivity index (χ0v) is 12.5. The zero-order valence-electron chi connectivity index (χ0n) is 12.5. The first-order valence-corrected chi connectivity index (χ1v) is 7.24. The van der Waals surface area contributed by atoms with Crippen molar-refractivity contribution in [3.05, 3.63) is 34.7 Å². The number of hydrogen-bond donors (Lipinski definition) is 3. The quantitative estimate of drug-likeness (QED) is 0.740. The fourth-order valence-electron chi connectivity index (χ4n) is 2.51. The van der Waals surface area contributed by atoms with Gasteiger partial charge in [0.05, 0.1) is 16.6 Å². The molecule has 0 saturated carbocycles. The van der Waals surface area contributed by atoms with E-state index in [9.17, 15) is 9.59 Å². The number of imidazole rings is 1. The summed E-state index contributed by atoms with van der Waals surface area (Å²) in [6, 6.07) is 7.31. The normalized spacial score (nSPS) is 11.8. The van der Waals surface area contributed by atoms with Crippen LogP contribution in [-0.2, 0) is 11.3 Å². The van der Waals surface area contributed by atoms with Gasteiger partial charge in [-0.3, -0.25) is 9.36 Å². The minimum Gasteiger partial charge on any atom is -0.348 e. The Morgan fingerprint density at radius 1 is 1.33 bits per heavy atom. The molecule has 114 valence electrons. The van der Waals surface area contributed by atoms with Gasteiger partial charge in [0.2, 0.25) is 5.91 Å². The number of para-hydroxylation sites is 2. The van der Waals surface area contributed by atoms with Crippen LogP contribution in [0.25, 0.3) is 11.0 Å². The van der Waals surface area contributed by atoms with Crippen LogP contribution >= 0.6 is 0 Å². The third-order valence-electron chi connectivity index (χ3n) is 4.13. The van der Waals surface area contributed by atoms with Crippen LogP contribution in [0.4, 0.5) is 0 Å². The molecule has 1 aromatic carbocycles. The predicted molar refractivity (Wildman–Crippen MR) is 83.1 cm³/mol. The SMILES string of the molecule is CCC(CC)(CN)NC(=O)Cn1c(=O)[nH]c2ccccc21. The largest absolute Gasteiger partial charge is 0.348 e. The van der Waals surface area contributed by atoms with Crippen LogP contribution < -0.4 is 16.7 Å². The zero-order chi connectivity index (χ0) is 15.5. The van der Waals surface area contributed by atoms with Gasteiger partial charge in [0.15, 0.2) is 0 Å². The number of carbonyl (C=O) groups is 1.